The van der Waals surface area contributed by atoms with Gasteiger partial charge < -0.3 is 29.0 Å². The van der Waals surface area contributed by atoms with Crippen molar-refractivity contribution < 1.29 is 23.7 Å². The van der Waals surface area contributed by atoms with Gasteiger partial charge in [-0.3, -0.25) is 0 Å². The first-order chi connectivity index (χ1) is 16.2. The molecule has 6 nitrogen and oxygen atoms in total. The van der Waals surface area contributed by atoms with E-state index >= 15 is 0 Å². The fourth-order valence-electron chi connectivity index (χ4n) is 4.48. The molecule has 1 unspecified atom stereocenters. The molecular formula is C26H26BrNO5. The van der Waals surface area contributed by atoms with Crippen LogP contribution in [0, 0.1) is 0 Å². The summed E-state index contributed by atoms with van der Waals surface area (Å²) in [6, 6.07) is 16.3. The van der Waals surface area contributed by atoms with Gasteiger partial charge in [0.05, 0.1) is 14.2 Å². The van der Waals surface area contributed by atoms with Crippen LogP contribution in [-0.4, -0.2) is 27.6 Å². The fourth-order valence-corrected chi connectivity index (χ4v) is 4.96. The van der Waals surface area contributed by atoms with Gasteiger partial charge in [-0.25, -0.2) is 0 Å². The van der Waals surface area contributed by atoms with Crippen molar-refractivity contribution in [3.05, 3.63) is 75.3 Å². The van der Waals surface area contributed by atoms with Crippen LogP contribution >= 0.6 is 15.9 Å². The second-order valence-corrected chi connectivity index (χ2v) is 8.90. The van der Waals surface area contributed by atoms with Crippen LogP contribution in [0.4, 0.5) is 0 Å². The highest BCUT2D eigenvalue weighted by Gasteiger charge is 2.31. The maximum Gasteiger partial charge on any atom is 0.231 e. The Hall–Kier alpha value is -2.90. The Morgan fingerprint density at radius 2 is 1.88 bits per heavy atom. The SMILES string of the molecule is COc1cc(Br)c(CC2NCCc3c2cc2c(c3OC)OCO2)cc1OCc1ccccc1. The van der Waals surface area contributed by atoms with E-state index in [4.69, 9.17) is 23.7 Å². The Balaban J connectivity index is 1.44. The lowest BCUT2D eigenvalue weighted by molar-refractivity contribution is 0.171. The maximum atomic E-state index is 6.14. The van der Waals surface area contributed by atoms with Crippen molar-refractivity contribution in [1.29, 1.82) is 0 Å². The summed E-state index contributed by atoms with van der Waals surface area (Å²) in [6.07, 6.45) is 1.64. The van der Waals surface area contributed by atoms with Crippen molar-refractivity contribution in [2.75, 3.05) is 27.6 Å². The van der Waals surface area contributed by atoms with Crippen LogP contribution in [-0.2, 0) is 19.4 Å². The number of halogens is 1. The largest absolute Gasteiger partial charge is 0.493 e. The van der Waals surface area contributed by atoms with Gasteiger partial charge in [0.25, 0.3) is 0 Å². The van der Waals surface area contributed by atoms with Gasteiger partial charge in [0.2, 0.25) is 12.5 Å². The molecule has 1 atom stereocenters. The van der Waals surface area contributed by atoms with Gasteiger partial charge in [-0.15, -0.1) is 0 Å². The summed E-state index contributed by atoms with van der Waals surface area (Å²) >= 11 is 3.73. The van der Waals surface area contributed by atoms with E-state index in [0.29, 0.717) is 18.1 Å². The third-order valence-electron chi connectivity index (χ3n) is 6.10. The molecule has 0 aromatic heterocycles. The van der Waals surface area contributed by atoms with E-state index in [2.05, 4.69) is 33.4 Å². The molecule has 2 aliphatic rings. The molecule has 7 heteroatoms. The van der Waals surface area contributed by atoms with Crippen LogP contribution < -0.4 is 29.0 Å². The number of hydrogen-bond acceptors (Lipinski definition) is 6. The minimum Gasteiger partial charge on any atom is -0.493 e. The molecule has 0 spiro atoms. The Morgan fingerprint density at radius 3 is 2.67 bits per heavy atom. The molecule has 0 bridgehead atoms. The number of benzene rings is 3. The molecule has 3 aromatic carbocycles. The first-order valence-electron chi connectivity index (χ1n) is 10.9. The molecule has 172 valence electrons. The lowest BCUT2D eigenvalue weighted by Gasteiger charge is -2.29. The number of hydrogen-bond donors (Lipinski definition) is 1. The molecule has 3 aromatic rings. The maximum absolute atomic E-state index is 6.14. The van der Waals surface area contributed by atoms with Crippen LogP contribution in [0.1, 0.15) is 28.3 Å². The first kappa shape index (κ1) is 21.9. The summed E-state index contributed by atoms with van der Waals surface area (Å²) in [4.78, 5) is 0. The minimum atomic E-state index is 0.101. The topological polar surface area (TPSA) is 58.2 Å². The van der Waals surface area contributed by atoms with Crippen molar-refractivity contribution in [2.24, 2.45) is 0 Å². The van der Waals surface area contributed by atoms with Gasteiger partial charge in [0.15, 0.2) is 23.0 Å². The number of ether oxygens (including phenoxy) is 5. The molecule has 0 fully saturated rings. The fraction of sp³-hybridized carbons (Fsp3) is 0.308. The van der Waals surface area contributed by atoms with Gasteiger partial charge in [-0.1, -0.05) is 46.3 Å². The lowest BCUT2D eigenvalue weighted by Crippen LogP contribution is -2.31. The Morgan fingerprint density at radius 1 is 1.03 bits per heavy atom. The first-order valence-corrected chi connectivity index (χ1v) is 11.7. The molecule has 0 radical (unpaired) electrons. The van der Waals surface area contributed by atoms with Gasteiger partial charge >= 0.3 is 0 Å². The van der Waals surface area contributed by atoms with E-state index in [9.17, 15) is 0 Å². The number of methoxy groups -OCH3 is 2. The quantitative estimate of drug-likeness (QED) is 0.470. The average Bonchev–Trinajstić information content (AvgIpc) is 3.32. The average molecular weight is 512 g/mol. The Labute approximate surface area is 201 Å². The second-order valence-electron chi connectivity index (χ2n) is 8.04. The van der Waals surface area contributed by atoms with Gasteiger partial charge in [0, 0.05) is 16.1 Å². The predicted octanol–water partition coefficient (Wildman–Crippen LogP) is 5.20. The summed E-state index contributed by atoms with van der Waals surface area (Å²) in [5.74, 6) is 3.65. The predicted molar refractivity (Wildman–Crippen MR) is 129 cm³/mol. The zero-order valence-corrected chi connectivity index (χ0v) is 20.2. The number of rotatable bonds is 7. The standard InChI is InChI=1S/C26H26BrNO5/c1-29-22-13-20(27)17(11-23(22)31-14-16-6-4-3-5-7-16)10-21-19-12-24-26(33-15-32-24)25(30-2)18(19)8-9-28-21/h3-7,11-13,21,28H,8-10,14-15H2,1-2H3. The van der Waals surface area contributed by atoms with Crippen LogP contribution in [0.15, 0.2) is 53.0 Å². The number of fused-ring (bicyclic) bond motifs is 2. The van der Waals surface area contributed by atoms with Crippen molar-refractivity contribution in [3.8, 4) is 28.7 Å². The molecule has 0 saturated heterocycles. The molecule has 0 saturated carbocycles. The summed E-state index contributed by atoms with van der Waals surface area (Å²) in [5.41, 5.74) is 4.59. The normalized spacial score (nSPS) is 16.3. The highest BCUT2D eigenvalue weighted by atomic mass is 79.9. The smallest absolute Gasteiger partial charge is 0.231 e. The summed E-state index contributed by atoms with van der Waals surface area (Å²) in [7, 11) is 3.34. The van der Waals surface area contributed by atoms with Gasteiger partial charge in [-0.05, 0) is 54.3 Å². The molecular weight excluding hydrogens is 486 g/mol. The molecule has 0 aliphatic carbocycles. The number of nitrogens with one attached hydrogen (secondary N) is 1. The van der Waals surface area contributed by atoms with E-state index in [1.54, 1.807) is 14.2 Å². The van der Waals surface area contributed by atoms with Crippen LogP contribution in [0.3, 0.4) is 0 Å². The molecule has 5 rings (SSSR count). The van der Waals surface area contributed by atoms with E-state index in [-0.39, 0.29) is 12.8 Å². The Bertz CT molecular complexity index is 1150. The third kappa shape index (κ3) is 4.35. The highest BCUT2D eigenvalue weighted by molar-refractivity contribution is 9.10. The summed E-state index contributed by atoms with van der Waals surface area (Å²) < 4.78 is 29.8. The second kappa shape index (κ2) is 9.53. The van der Waals surface area contributed by atoms with Gasteiger partial charge in [0.1, 0.15) is 6.61 Å². The minimum absolute atomic E-state index is 0.101. The van der Waals surface area contributed by atoms with Crippen molar-refractivity contribution in [2.45, 2.75) is 25.5 Å². The van der Waals surface area contributed by atoms with Crippen molar-refractivity contribution in [3.63, 3.8) is 0 Å². The van der Waals surface area contributed by atoms with Crippen molar-refractivity contribution >= 4 is 15.9 Å². The molecule has 2 aliphatic heterocycles. The molecule has 0 amide bonds. The van der Waals surface area contributed by atoms with E-state index in [0.717, 1.165) is 52.2 Å². The van der Waals surface area contributed by atoms with E-state index < -0.39 is 0 Å². The lowest BCUT2D eigenvalue weighted by atomic mass is 9.89. The van der Waals surface area contributed by atoms with E-state index in [1.165, 1.54) is 11.1 Å². The molecule has 2 heterocycles. The van der Waals surface area contributed by atoms with Crippen LogP contribution in [0.2, 0.25) is 0 Å². The summed E-state index contributed by atoms with van der Waals surface area (Å²) in [5, 5.41) is 3.65. The van der Waals surface area contributed by atoms with Crippen molar-refractivity contribution in [1.82, 2.24) is 5.32 Å². The summed E-state index contributed by atoms with van der Waals surface area (Å²) in [6.45, 7) is 1.56. The van der Waals surface area contributed by atoms with Gasteiger partial charge in [-0.2, -0.15) is 0 Å². The zero-order valence-electron chi connectivity index (χ0n) is 18.7. The molecule has 33 heavy (non-hydrogen) atoms. The van der Waals surface area contributed by atoms with E-state index in [1.807, 2.05) is 36.4 Å². The monoisotopic (exact) mass is 511 g/mol. The van der Waals surface area contributed by atoms with Crippen LogP contribution in [0.25, 0.3) is 0 Å². The van der Waals surface area contributed by atoms with Crippen LogP contribution in [0.5, 0.6) is 28.7 Å². The molecule has 1 N–H and O–H groups in total. The zero-order chi connectivity index (χ0) is 22.8. The third-order valence-corrected chi connectivity index (χ3v) is 6.83. The Kier molecular flexibility index (Phi) is 6.33. The highest BCUT2D eigenvalue weighted by Crippen LogP contribution is 2.48.